The predicted octanol–water partition coefficient (Wildman–Crippen LogP) is 5.24. The van der Waals surface area contributed by atoms with Crippen LogP contribution in [0.3, 0.4) is 0 Å². The molecular formula is C22H19F3O3. The summed E-state index contributed by atoms with van der Waals surface area (Å²) < 4.78 is 52.9. The van der Waals surface area contributed by atoms with Crippen molar-refractivity contribution in [3.8, 4) is 22.6 Å². The van der Waals surface area contributed by atoms with Gasteiger partial charge in [0.2, 0.25) is 5.82 Å². The van der Waals surface area contributed by atoms with Crippen molar-refractivity contribution in [2.45, 2.75) is 20.1 Å². The van der Waals surface area contributed by atoms with E-state index in [9.17, 15) is 13.2 Å². The van der Waals surface area contributed by atoms with Gasteiger partial charge in [0, 0.05) is 11.1 Å². The average molecular weight is 388 g/mol. The van der Waals surface area contributed by atoms with Crippen molar-refractivity contribution in [2.75, 3.05) is 6.61 Å². The van der Waals surface area contributed by atoms with Crippen molar-refractivity contribution in [3.63, 3.8) is 0 Å². The van der Waals surface area contributed by atoms with Gasteiger partial charge in [0.15, 0.2) is 11.6 Å². The number of hydrogen-bond donors (Lipinski definition) is 1. The van der Waals surface area contributed by atoms with Crippen molar-refractivity contribution in [1.29, 1.82) is 0 Å². The number of aliphatic hydroxyl groups excluding tert-OH is 1. The number of hydrogen-bond acceptors (Lipinski definition) is 3. The summed E-state index contributed by atoms with van der Waals surface area (Å²) in [7, 11) is 0. The van der Waals surface area contributed by atoms with Crippen LogP contribution in [0.25, 0.3) is 11.1 Å². The first-order valence-electron chi connectivity index (χ1n) is 8.75. The molecule has 3 nitrogen and oxygen atoms in total. The van der Waals surface area contributed by atoms with Crippen molar-refractivity contribution >= 4 is 0 Å². The first-order chi connectivity index (χ1) is 13.5. The number of ether oxygens (including phenoxy) is 2. The highest BCUT2D eigenvalue weighted by Crippen LogP contribution is 2.31. The van der Waals surface area contributed by atoms with E-state index >= 15 is 0 Å². The summed E-state index contributed by atoms with van der Waals surface area (Å²) in [5.41, 5.74) is 1.42. The van der Waals surface area contributed by atoms with Gasteiger partial charge in [-0.1, -0.05) is 24.3 Å². The molecule has 1 N–H and O–H groups in total. The molecule has 0 aliphatic heterocycles. The minimum Gasteiger partial charge on any atom is -0.491 e. The van der Waals surface area contributed by atoms with Crippen LogP contribution in [0.5, 0.6) is 11.5 Å². The monoisotopic (exact) mass is 388 g/mol. The summed E-state index contributed by atoms with van der Waals surface area (Å²) in [6.45, 7) is 1.70. The molecule has 3 rings (SSSR count). The first-order valence-corrected chi connectivity index (χ1v) is 8.75. The second-order valence-corrected chi connectivity index (χ2v) is 6.07. The predicted molar refractivity (Wildman–Crippen MR) is 99.6 cm³/mol. The van der Waals surface area contributed by atoms with E-state index in [0.717, 1.165) is 0 Å². The van der Waals surface area contributed by atoms with Crippen LogP contribution < -0.4 is 9.47 Å². The average Bonchev–Trinajstić information content (AvgIpc) is 2.71. The Balaban J connectivity index is 1.73. The van der Waals surface area contributed by atoms with E-state index < -0.39 is 17.5 Å². The number of rotatable bonds is 7. The van der Waals surface area contributed by atoms with Gasteiger partial charge in [-0.15, -0.1) is 0 Å². The largest absolute Gasteiger partial charge is 0.491 e. The highest BCUT2D eigenvalue weighted by Gasteiger charge is 2.15. The molecule has 0 unspecified atom stereocenters. The van der Waals surface area contributed by atoms with E-state index in [-0.39, 0.29) is 31.1 Å². The van der Waals surface area contributed by atoms with Crippen LogP contribution >= 0.6 is 0 Å². The quantitative estimate of drug-likeness (QED) is 0.602. The topological polar surface area (TPSA) is 38.7 Å². The van der Waals surface area contributed by atoms with Crippen molar-refractivity contribution in [3.05, 3.63) is 83.2 Å². The number of aliphatic hydroxyl groups is 1. The Morgan fingerprint density at radius 3 is 2.25 bits per heavy atom. The molecule has 6 heteroatoms. The van der Waals surface area contributed by atoms with Gasteiger partial charge in [0.25, 0.3) is 0 Å². The van der Waals surface area contributed by atoms with Gasteiger partial charge in [0.05, 0.1) is 13.2 Å². The first kappa shape index (κ1) is 19.8. The maximum absolute atomic E-state index is 14.3. The van der Waals surface area contributed by atoms with Gasteiger partial charge in [-0.05, 0) is 48.4 Å². The molecule has 0 saturated carbocycles. The number of benzene rings is 3. The molecular weight excluding hydrogens is 369 g/mol. The second kappa shape index (κ2) is 8.80. The SMILES string of the molecule is CCOc1ccc(-c2ccc(OCc3ccc(CO)cc3F)cc2)c(F)c1F. The van der Waals surface area contributed by atoms with Crippen molar-refractivity contribution < 1.29 is 27.8 Å². The zero-order valence-corrected chi connectivity index (χ0v) is 15.2. The third-order valence-electron chi connectivity index (χ3n) is 4.21. The summed E-state index contributed by atoms with van der Waals surface area (Å²) in [4.78, 5) is 0. The lowest BCUT2D eigenvalue weighted by atomic mass is 10.0. The van der Waals surface area contributed by atoms with E-state index in [1.54, 1.807) is 43.3 Å². The zero-order valence-electron chi connectivity index (χ0n) is 15.2. The zero-order chi connectivity index (χ0) is 20.1. The van der Waals surface area contributed by atoms with E-state index in [1.165, 1.54) is 18.2 Å². The lowest BCUT2D eigenvalue weighted by Crippen LogP contribution is -2.00. The van der Waals surface area contributed by atoms with Crippen LogP contribution in [0.15, 0.2) is 54.6 Å². The molecule has 0 aliphatic rings. The standard InChI is InChI=1S/C22H19F3O3/c1-2-27-20-10-9-18(21(24)22(20)25)15-5-7-17(8-6-15)28-13-16-4-3-14(12-26)11-19(16)23/h3-11,26H,2,12-13H2,1H3. The number of halogens is 3. The molecule has 0 spiro atoms. The fourth-order valence-electron chi connectivity index (χ4n) is 2.72. The Morgan fingerprint density at radius 1 is 0.857 bits per heavy atom. The minimum absolute atomic E-state index is 0.00291. The molecule has 0 atom stereocenters. The third-order valence-corrected chi connectivity index (χ3v) is 4.21. The Hall–Kier alpha value is -2.99. The van der Waals surface area contributed by atoms with E-state index in [1.807, 2.05) is 0 Å². The fourth-order valence-corrected chi connectivity index (χ4v) is 2.72. The molecule has 0 fully saturated rings. The van der Waals surface area contributed by atoms with Crippen LogP contribution in [-0.2, 0) is 13.2 Å². The summed E-state index contributed by atoms with van der Waals surface area (Å²) in [6, 6.07) is 13.7. The van der Waals surface area contributed by atoms with Crippen molar-refractivity contribution in [2.24, 2.45) is 0 Å². The lowest BCUT2D eigenvalue weighted by molar-refractivity contribution is 0.279. The molecule has 28 heavy (non-hydrogen) atoms. The third kappa shape index (κ3) is 4.28. The highest BCUT2D eigenvalue weighted by atomic mass is 19.2. The maximum Gasteiger partial charge on any atom is 0.201 e. The molecule has 3 aromatic carbocycles. The lowest BCUT2D eigenvalue weighted by Gasteiger charge is -2.11. The molecule has 0 amide bonds. The summed E-state index contributed by atoms with van der Waals surface area (Å²) in [5, 5.41) is 9.00. The van der Waals surface area contributed by atoms with Gasteiger partial charge in [-0.2, -0.15) is 4.39 Å². The normalized spacial score (nSPS) is 10.8. The maximum atomic E-state index is 14.3. The molecule has 3 aromatic rings. The van der Waals surface area contributed by atoms with Gasteiger partial charge in [0.1, 0.15) is 18.2 Å². The van der Waals surface area contributed by atoms with E-state index in [0.29, 0.717) is 22.4 Å². The van der Waals surface area contributed by atoms with Crippen LogP contribution in [-0.4, -0.2) is 11.7 Å². The summed E-state index contributed by atoms with van der Waals surface area (Å²) in [6.07, 6.45) is 0. The molecule has 0 saturated heterocycles. The van der Waals surface area contributed by atoms with Crippen LogP contribution in [0.4, 0.5) is 13.2 Å². The Kier molecular flexibility index (Phi) is 6.21. The van der Waals surface area contributed by atoms with Gasteiger partial charge >= 0.3 is 0 Å². The molecule has 146 valence electrons. The Morgan fingerprint density at radius 2 is 1.61 bits per heavy atom. The minimum atomic E-state index is -1.03. The van der Waals surface area contributed by atoms with Crippen LogP contribution in [0.1, 0.15) is 18.1 Å². The van der Waals surface area contributed by atoms with Crippen LogP contribution in [0, 0.1) is 17.5 Å². The van der Waals surface area contributed by atoms with Gasteiger partial charge in [-0.3, -0.25) is 0 Å². The van der Waals surface area contributed by atoms with Crippen LogP contribution in [0.2, 0.25) is 0 Å². The molecule has 0 radical (unpaired) electrons. The van der Waals surface area contributed by atoms with E-state index in [4.69, 9.17) is 14.6 Å². The highest BCUT2D eigenvalue weighted by molar-refractivity contribution is 5.66. The molecule has 0 heterocycles. The molecule has 0 aromatic heterocycles. The summed E-state index contributed by atoms with van der Waals surface area (Å²) in [5.74, 6) is -2.14. The fraction of sp³-hybridized carbons (Fsp3) is 0.182. The second-order valence-electron chi connectivity index (χ2n) is 6.07. The van der Waals surface area contributed by atoms with Gasteiger partial charge < -0.3 is 14.6 Å². The Bertz CT molecular complexity index is 956. The summed E-state index contributed by atoms with van der Waals surface area (Å²) >= 11 is 0. The molecule has 0 bridgehead atoms. The van der Waals surface area contributed by atoms with Crippen molar-refractivity contribution in [1.82, 2.24) is 0 Å². The molecule has 0 aliphatic carbocycles. The Labute approximate surface area is 161 Å². The smallest absolute Gasteiger partial charge is 0.201 e. The van der Waals surface area contributed by atoms with Gasteiger partial charge in [-0.25, -0.2) is 8.78 Å². The van der Waals surface area contributed by atoms with E-state index in [2.05, 4.69) is 0 Å².